The van der Waals surface area contributed by atoms with Crippen LogP contribution in [0.5, 0.6) is 0 Å². The standard InChI is InChI=1S/C19H34N2O6/c1-18(2,3)26-16(23)20-10-9-15(22)25-13-14-8-7-11-21(12-14)17(24)27-19(4,5)6/h14H,7-13H2,1-6H3,(H,20,23)/t14-/m0/s1. The Balaban J connectivity index is 2.27. The molecule has 8 heteroatoms. The van der Waals surface area contributed by atoms with E-state index in [1.165, 1.54) is 0 Å². The molecule has 0 spiro atoms. The van der Waals surface area contributed by atoms with E-state index >= 15 is 0 Å². The number of hydrogen-bond acceptors (Lipinski definition) is 6. The molecule has 0 saturated carbocycles. The van der Waals surface area contributed by atoms with E-state index in [1.54, 1.807) is 25.7 Å². The van der Waals surface area contributed by atoms with E-state index in [1.807, 2.05) is 20.8 Å². The SMILES string of the molecule is CC(C)(C)OC(=O)NCCC(=O)OC[C@H]1CCCN(C(=O)OC(C)(C)C)C1. The molecular formula is C19H34N2O6. The summed E-state index contributed by atoms with van der Waals surface area (Å²) in [5, 5.41) is 2.52. The van der Waals surface area contributed by atoms with E-state index in [-0.39, 0.29) is 37.6 Å². The predicted molar refractivity (Wildman–Crippen MR) is 100 cm³/mol. The lowest BCUT2D eigenvalue weighted by atomic mass is 9.99. The lowest BCUT2D eigenvalue weighted by Crippen LogP contribution is -2.44. The lowest BCUT2D eigenvalue weighted by molar-refractivity contribution is -0.145. The third-order valence-electron chi connectivity index (χ3n) is 3.65. The second-order valence-corrected chi connectivity index (χ2v) is 8.80. The number of alkyl carbamates (subject to hydrolysis) is 1. The summed E-state index contributed by atoms with van der Waals surface area (Å²) in [6, 6.07) is 0. The molecule has 1 aliphatic rings. The summed E-state index contributed by atoms with van der Waals surface area (Å²) in [5.74, 6) is -0.297. The molecule has 1 saturated heterocycles. The van der Waals surface area contributed by atoms with Crippen molar-refractivity contribution in [2.75, 3.05) is 26.2 Å². The highest BCUT2D eigenvalue weighted by molar-refractivity contribution is 5.72. The number of amides is 2. The zero-order valence-electron chi connectivity index (χ0n) is 17.4. The molecule has 1 heterocycles. The van der Waals surface area contributed by atoms with E-state index in [4.69, 9.17) is 14.2 Å². The normalized spacial score (nSPS) is 17.9. The van der Waals surface area contributed by atoms with Crippen LogP contribution in [-0.2, 0) is 19.0 Å². The van der Waals surface area contributed by atoms with Crippen molar-refractivity contribution in [2.45, 2.75) is 72.0 Å². The second-order valence-electron chi connectivity index (χ2n) is 8.80. The minimum Gasteiger partial charge on any atom is -0.465 e. The highest BCUT2D eigenvalue weighted by Crippen LogP contribution is 2.19. The first-order valence-corrected chi connectivity index (χ1v) is 9.46. The highest BCUT2D eigenvalue weighted by atomic mass is 16.6. The molecule has 0 aromatic carbocycles. The third-order valence-corrected chi connectivity index (χ3v) is 3.65. The number of rotatable bonds is 5. The van der Waals surface area contributed by atoms with Gasteiger partial charge in [-0.1, -0.05) is 0 Å². The number of carbonyl (C=O) groups excluding carboxylic acids is 3. The van der Waals surface area contributed by atoms with Gasteiger partial charge in [-0.15, -0.1) is 0 Å². The van der Waals surface area contributed by atoms with Crippen LogP contribution >= 0.6 is 0 Å². The number of likely N-dealkylation sites (tertiary alicyclic amines) is 1. The van der Waals surface area contributed by atoms with Crippen LogP contribution in [0.4, 0.5) is 9.59 Å². The summed E-state index contributed by atoms with van der Waals surface area (Å²) in [6.07, 6.45) is 0.919. The summed E-state index contributed by atoms with van der Waals surface area (Å²) in [5.41, 5.74) is -1.11. The minimum absolute atomic E-state index is 0.0712. The van der Waals surface area contributed by atoms with Crippen LogP contribution in [0, 0.1) is 5.92 Å². The Morgan fingerprint density at radius 3 is 2.26 bits per heavy atom. The molecule has 1 N–H and O–H groups in total. The van der Waals surface area contributed by atoms with Gasteiger partial charge in [0.2, 0.25) is 0 Å². The highest BCUT2D eigenvalue weighted by Gasteiger charge is 2.28. The van der Waals surface area contributed by atoms with Crippen molar-refractivity contribution in [3.63, 3.8) is 0 Å². The number of nitrogens with one attached hydrogen (secondary N) is 1. The quantitative estimate of drug-likeness (QED) is 0.576. The van der Waals surface area contributed by atoms with Crippen molar-refractivity contribution in [3.05, 3.63) is 0 Å². The van der Waals surface area contributed by atoms with Gasteiger partial charge in [-0.05, 0) is 54.4 Å². The first kappa shape index (κ1) is 23.0. The van der Waals surface area contributed by atoms with Gasteiger partial charge in [0.15, 0.2) is 0 Å². The van der Waals surface area contributed by atoms with Gasteiger partial charge in [-0.3, -0.25) is 4.79 Å². The monoisotopic (exact) mass is 386 g/mol. The van der Waals surface area contributed by atoms with Crippen LogP contribution in [-0.4, -0.2) is 60.5 Å². The largest absolute Gasteiger partial charge is 0.465 e. The van der Waals surface area contributed by atoms with Crippen molar-refractivity contribution in [1.29, 1.82) is 0 Å². The second kappa shape index (κ2) is 9.80. The molecule has 2 amide bonds. The van der Waals surface area contributed by atoms with Crippen molar-refractivity contribution in [3.8, 4) is 0 Å². The fourth-order valence-corrected chi connectivity index (χ4v) is 2.56. The lowest BCUT2D eigenvalue weighted by Gasteiger charge is -2.33. The number of piperidine rings is 1. The number of carbonyl (C=O) groups is 3. The summed E-state index contributed by atoms with van der Waals surface area (Å²) >= 11 is 0. The summed E-state index contributed by atoms with van der Waals surface area (Å²) in [7, 11) is 0. The van der Waals surface area contributed by atoms with Crippen molar-refractivity contribution in [1.82, 2.24) is 10.2 Å². The topological polar surface area (TPSA) is 94.2 Å². The predicted octanol–water partition coefficient (Wildman–Crippen LogP) is 3.09. The molecule has 0 radical (unpaired) electrons. The van der Waals surface area contributed by atoms with Crippen LogP contribution < -0.4 is 5.32 Å². The first-order chi connectivity index (χ1) is 12.4. The number of ether oxygens (including phenoxy) is 3. The van der Waals surface area contributed by atoms with E-state index in [2.05, 4.69) is 5.32 Å². The maximum Gasteiger partial charge on any atom is 0.410 e. The molecule has 0 unspecified atom stereocenters. The number of esters is 1. The van der Waals surface area contributed by atoms with Crippen molar-refractivity contribution < 1.29 is 28.6 Å². The summed E-state index contributed by atoms with van der Waals surface area (Å²) in [4.78, 5) is 37.2. The Hall–Kier alpha value is -1.99. The molecule has 27 heavy (non-hydrogen) atoms. The Bertz CT molecular complexity index is 521. The third kappa shape index (κ3) is 10.7. The number of nitrogens with zero attached hydrogens (tertiary/aromatic N) is 1. The molecule has 8 nitrogen and oxygen atoms in total. The van der Waals surface area contributed by atoms with Crippen LogP contribution in [0.25, 0.3) is 0 Å². The molecule has 156 valence electrons. The van der Waals surface area contributed by atoms with Gasteiger partial charge in [-0.25, -0.2) is 9.59 Å². The Labute approximate surface area is 161 Å². The minimum atomic E-state index is -0.578. The van der Waals surface area contributed by atoms with Gasteiger partial charge in [0, 0.05) is 25.6 Å². The van der Waals surface area contributed by atoms with Gasteiger partial charge in [0.1, 0.15) is 11.2 Å². The molecule has 0 aromatic rings. The molecule has 1 aliphatic heterocycles. The van der Waals surface area contributed by atoms with E-state index < -0.39 is 17.3 Å². The van der Waals surface area contributed by atoms with Gasteiger partial charge in [0.05, 0.1) is 13.0 Å². The fraction of sp³-hybridized carbons (Fsp3) is 0.842. The van der Waals surface area contributed by atoms with Gasteiger partial charge in [0.25, 0.3) is 0 Å². The molecule has 1 fully saturated rings. The van der Waals surface area contributed by atoms with Gasteiger partial charge < -0.3 is 24.4 Å². The Morgan fingerprint density at radius 1 is 1.04 bits per heavy atom. The zero-order chi connectivity index (χ0) is 20.7. The molecule has 1 atom stereocenters. The van der Waals surface area contributed by atoms with Crippen LogP contribution in [0.2, 0.25) is 0 Å². The van der Waals surface area contributed by atoms with Crippen molar-refractivity contribution in [2.24, 2.45) is 5.92 Å². The zero-order valence-corrected chi connectivity index (χ0v) is 17.4. The van der Waals surface area contributed by atoms with Crippen LogP contribution in [0.1, 0.15) is 60.8 Å². The average Bonchev–Trinajstić information content (AvgIpc) is 2.50. The van der Waals surface area contributed by atoms with Gasteiger partial charge in [-0.2, -0.15) is 0 Å². The Kier molecular flexibility index (Phi) is 8.37. The molecule has 0 bridgehead atoms. The number of hydrogen-bond donors (Lipinski definition) is 1. The first-order valence-electron chi connectivity index (χ1n) is 9.46. The smallest absolute Gasteiger partial charge is 0.410 e. The summed E-state index contributed by atoms with van der Waals surface area (Å²) in [6.45, 7) is 12.4. The molecule has 0 aliphatic carbocycles. The average molecular weight is 386 g/mol. The maximum absolute atomic E-state index is 12.1. The Morgan fingerprint density at radius 2 is 1.67 bits per heavy atom. The fourth-order valence-electron chi connectivity index (χ4n) is 2.56. The van der Waals surface area contributed by atoms with Crippen LogP contribution in [0.3, 0.4) is 0 Å². The molecule has 0 aromatic heterocycles. The van der Waals surface area contributed by atoms with Crippen molar-refractivity contribution >= 4 is 18.2 Å². The summed E-state index contributed by atoms with van der Waals surface area (Å²) < 4.78 is 15.8. The van der Waals surface area contributed by atoms with Gasteiger partial charge >= 0.3 is 18.2 Å². The van der Waals surface area contributed by atoms with E-state index in [0.29, 0.717) is 13.1 Å². The molecule has 1 rings (SSSR count). The maximum atomic E-state index is 12.1. The van der Waals surface area contributed by atoms with Crippen LogP contribution in [0.15, 0.2) is 0 Å². The van der Waals surface area contributed by atoms with E-state index in [9.17, 15) is 14.4 Å². The molecular weight excluding hydrogens is 352 g/mol. The van der Waals surface area contributed by atoms with E-state index in [0.717, 1.165) is 12.8 Å².